The maximum atomic E-state index is 12.5. The normalized spacial score (nSPS) is 13.5. The molecule has 1 aromatic heterocycles. The number of thiophene rings is 1. The zero-order valence-corrected chi connectivity index (χ0v) is 15.4. The molecule has 0 saturated carbocycles. The van der Waals surface area contributed by atoms with Gasteiger partial charge in [0.15, 0.2) is 0 Å². The molecule has 2 aromatic rings. The first-order valence-corrected chi connectivity index (χ1v) is 8.84. The van der Waals surface area contributed by atoms with Crippen molar-refractivity contribution in [2.75, 3.05) is 0 Å². The van der Waals surface area contributed by atoms with Gasteiger partial charge in [-0.15, -0.1) is 11.3 Å². The molecule has 0 aliphatic heterocycles. The first kappa shape index (κ1) is 16.5. The van der Waals surface area contributed by atoms with E-state index in [4.69, 9.17) is 0 Å². The van der Waals surface area contributed by atoms with Gasteiger partial charge in [-0.2, -0.15) is 13.2 Å². The highest BCUT2D eigenvalue weighted by Crippen LogP contribution is 2.40. The zero-order valence-electron chi connectivity index (χ0n) is 9.85. The number of hydrogen-bond acceptors (Lipinski definition) is 1. The van der Waals surface area contributed by atoms with Crippen LogP contribution in [0.25, 0.3) is 0 Å². The summed E-state index contributed by atoms with van der Waals surface area (Å²) in [6.45, 7) is 0. The van der Waals surface area contributed by atoms with E-state index in [9.17, 15) is 13.2 Å². The molecule has 1 heterocycles. The molecule has 20 heavy (non-hydrogen) atoms. The lowest BCUT2D eigenvalue weighted by atomic mass is 10.1. The molecular weight excluding hydrogens is 485 g/mol. The van der Waals surface area contributed by atoms with Crippen molar-refractivity contribution in [3.05, 3.63) is 54.6 Å². The minimum atomic E-state index is -4.28. The fraction of sp³-hybridized carbons (Fsp3) is 0.231. The van der Waals surface area contributed by atoms with Gasteiger partial charge in [0, 0.05) is 9.35 Å². The number of halogens is 6. The van der Waals surface area contributed by atoms with Crippen LogP contribution in [0.2, 0.25) is 0 Å². The molecule has 1 atom stereocenters. The molecule has 1 aromatic carbocycles. The van der Waals surface area contributed by atoms with Crippen LogP contribution >= 0.6 is 59.1 Å². The Hall–Kier alpha value is 0.150. The summed E-state index contributed by atoms with van der Waals surface area (Å²) in [6, 6.07) is 7.28. The second kappa shape index (κ2) is 6.50. The molecule has 0 radical (unpaired) electrons. The average Bonchev–Trinajstić information content (AvgIpc) is 2.69. The summed E-state index contributed by atoms with van der Waals surface area (Å²) in [5.74, 6) is 0. The molecule has 0 bridgehead atoms. The first-order valence-electron chi connectivity index (χ1n) is 5.52. The molecule has 0 aliphatic rings. The molecule has 2 rings (SSSR count). The summed E-state index contributed by atoms with van der Waals surface area (Å²) >= 11 is 12.0. The molecule has 7 heteroatoms. The third kappa shape index (κ3) is 4.08. The second-order valence-corrected chi connectivity index (χ2v) is 8.50. The molecule has 0 spiro atoms. The van der Waals surface area contributed by atoms with E-state index >= 15 is 0 Å². The van der Waals surface area contributed by atoms with Gasteiger partial charge in [0.25, 0.3) is 0 Å². The van der Waals surface area contributed by atoms with E-state index in [-0.39, 0.29) is 4.83 Å². The van der Waals surface area contributed by atoms with E-state index < -0.39 is 11.7 Å². The van der Waals surface area contributed by atoms with Crippen LogP contribution in [0.1, 0.15) is 20.8 Å². The van der Waals surface area contributed by atoms with Crippen LogP contribution in [-0.2, 0) is 12.6 Å². The Labute approximate surface area is 143 Å². The van der Waals surface area contributed by atoms with E-state index in [0.29, 0.717) is 6.42 Å². The van der Waals surface area contributed by atoms with Crippen LogP contribution in [0, 0.1) is 0 Å². The quantitative estimate of drug-likeness (QED) is 0.406. The van der Waals surface area contributed by atoms with E-state index in [1.807, 2.05) is 6.07 Å². The lowest BCUT2D eigenvalue weighted by molar-refractivity contribution is -0.137. The highest BCUT2D eigenvalue weighted by atomic mass is 79.9. The molecule has 0 nitrogen and oxygen atoms in total. The Balaban J connectivity index is 2.10. The Morgan fingerprint density at radius 1 is 1.10 bits per heavy atom. The predicted molar refractivity (Wildman–Crippen MR) is 86.5 cm³/mol. The van der Waals surface area contributed by atoms with Gasteiger partial charge in [-0.3, -0.25) is 0 Å². The van der Waals surface area contributed by atoms with Crippen molar-refractivity contribution in [3.63, 3.8) is 0 Å². The van der Waals surface area contributed by atoms with Crippen LogP contribution < -0.4 is 0 Å². The van der Waals surface area contributed by atoms with Crippen LogP contribution in [0.5, 0.6) is 0 Å². The zero-order chi connectivity index (χ0) is 14.9. The summed E-state index contributed by atoms with van der Waals surface area (Å²) in [5.41, 5.74) is 0.245. The summed E-state index contributed by atoms with van der Waals surface area (Å²) in [4.78, 5) is 1.19. The minimum absolute atomic E-state index is 0.0758. The van der Waals surface area contributed by atoms with Crippen molar-refractivity contribution >= 4 is 59.1 Å². The molecule has 1 unspecified atom stereocenters. The smallest absolute Gasteiger partial charge is 0.166 e. The summed E-state index contributed by atoms with van der Waals surface area (Å²) < 4.78 is 39.4. The van der Waals surface area contributed by atoms with Crippen LogP contribution in [0.3, 0.4) is 0 Å². The largest absolute Gasteiger partial charge is 0.416 e. The molecule has 0 aliphatic carbocycles. The van der Waals surface area contributed by atoms with Crippen LogP contribution in [0.4, 0.5) is 13.2 Å². The van der Waals surface area contributed by atoms with E-state index in [1.54, 1.807) is 11.3 Å². The van der Waals surface area contributed by atoms with Crippen LogP contribution in [-0.4, -0.2) is 0 Å². The van der Waals surface area contributed by atoms with Crippen molar-refractivity contribution in [1.29, 1.82) is 0 Å². The third-order valence-electron chi connectivity index (χ3n) is 2.67. The van der Waals surface area contributed by atoms with E-state index in [2.05, 4.69) is 47.8 Å². The van der Waals surface area contributed by atoms with Crippen molar-refractivity contribution in [2.45, 2.75) is 17.4 Å². The lowest BCUT2D eigenvalue weighted by Crippen LogP contribution is -2.04. The van der Waals surface area contributed by atoms with Crippen molar-refractivity contribution in [1.82, 2.24) is 0 Å². The van der Waals surface area contributed by atoms with Gasteiger partial charge in [0.2, 0.25) is 0 Å². The molecular formula is C13H8Br3F3S. The molecule has 0 saturated heterocycles. The number of benzene rings is 1. The first-order chi connectivity index (χ1) is 9.27. The van der Waals surface area contributed by atoms with Gasteiger partial charge in [-0.25, -0.2) is 0 Å². The summed E-state index contributed by atoms with van der Waals surface area (Å²) in [5, 5.41) is 0. The maximum absolute atomic E-state index is 12.5. The summed E-state index contributed by atoms with van der Waals surface area (Å²) in [6.07, 6.45) is -3.65. The van der Waals surface area contributed by atoms with Crippen molar-refractivity contribution < 1.29 is 13.2 Å². The second-order valence-electron chi connectivity index (χ2n) is 4.14. The molecule has 108 valence electrons. The fourth-order valence-corrected chi connectivity index (χ4v) is 4.51. The SMILES string of the molecule is FC(F)(F)c1ccc(CC(Br)c2cc(Br)c(Br)s2)cc1. The van der Waals surface area contributed by atoms with Gasteiger partial charge < -0.3 is 0 Å². The van der Waals surface area contributed by atoms with E-state index in [0.717, 1.165) is 30.8 Å². The molecule has 0 fully saturated rings. The average molecular weight is 493 g/mol. The number of hydrogen-bond donors (Lipinski definition) is 0. The van der Waals surface area contributed by atoms with Gasteiger partial charge in [0.05, 0.1) is 14.2 Å². The van der Waals surface area contributed by atoms with E-state index in [1.165, 1.54) is 12.1 Å². The van der Waals surface area contributed by atoms with Crippen molar-refractivity contribution in [2.24, 2.45) is 0 Å². The van der Waals surface area contributed by atoms with Crippen molar-refractivity contribution in [3.8, 4) is 0 Å². The van der Waals surface area contributed by atoms with Gasteiger partial charge in [-0.05, 0) is 62.0 Å². The predicted octanol–water partition coefficient (Wildman–Crippen LogP) is 6.97. The minimum Gasteiger partial charge on any atom is -0.166 e. The third-order valence-corrected chi connectivity index (χ3v) is 7.16. The fourth-order valence-electron chi connectivity index (χ4n) is 1.66. The van der Waals surface area contributed by atoms with Gasteiger partial charge in [0.1, 0.15) is 0 Å². The Morgan fingerprint density at radius 3 is 2.15 bits per heavy atom. The lowest BCUT2D eigenvalue weighted by Gasteiger charge is -2.10. The Bertz CT molecular complexity index is 570. The number of alkyl halides is 4. The Morgan fingerprint density at radius 2 is 1.70 bits per heavy atom. The highest BCUT2D eigenvalue weighted by Gasteiger charge is 2.30. The highest BCUT2D eigenvalue weighted by molar-refractivity contribution is 9.13. The molecule has 0 amide bonds. The molecule has 0 N–H and O–H groups in total. The summed E-state index contributed by atoms with van der Waals surface area (Å²) in [7, 11) is 0. The van der Waals surface area contributed by atoms with Gasteiger partial charge >= 0.3 is 6.18 Å². The Kier molecular flexibility index (Phi) is 5.37. The standard InChI is InChI=1S/C13H8Br3F3S/c14-9(11-6-10(15)12(16)20-11)5-7-1-3-8(4-2-7)13(17,18)19/h1-4,6,9H,5H2. The topological polar surface area (TPSA) is 0 Å². The monoisotopic (exact) mass is 490 g/mol. The van der Waals surface area contributed by atoms with Crippen LogP contribution in [0.15, 0.2) is 38.6 Å². The van der Waals surface area contributed by atoms with Gasteiger partial charge in [-0.1, -0.05) is 28.1 Å². The maximum Gasteiger partial charge on any atom is 0.416 e. The number of rotatable bonds is 3.